The molecule has 0 fully saturated rings. The number of hydrogen-bond donors (Lipinski definition) is 1. The lowest BCUT2D eigenvalue weighted by molar-refractivity contribution is 0.490. The van der Waals surface area contributed by atoms with Crippen LogP contribution in [0.2, 0.25) is 0 Å². The van der Waals surface area contributed by atoms with E-state index in [0.717, 1.165) is 0 Å². The van der Waals surface area contributed by atoms with Crippen molar-refractivity contribution in [3.8, 4) is 0 Å². The summed E-state index contributed by atoms with van der Waals surface area (Å²) < 4.78 is 25.9. The number of benzene rings is 1. The van der Waals surface area contributed by atoms with Gasteiger partial charge in [-0.2, -0.15) is 8.42 Å². The van der Waals surface area contributed by atoms with Crippen molar-refractivity contribution >= 4 is 16.2 Å². The highest BCUT2D eigenvalue weighted by atomic mass is 32.2. The number of allylic oxidation sites excluding steroid dienone is 1. The fraction of sp³-hybridized carbons (Fsp3) is 0.273. The minimum Gasteiger partial charge on any atom is -0.286 e. The minimum atomic E-state index is -3.67. The maximum absolute atomic E-state index is 9.19. The summed E-state index contributed by atoms with van der Waals surface area (Å²) in [6, 6.07) is 8.58. The van der Waals surface area contributed by atoms with Crippen molar-refractivity contribution in [2.45, 2.75) is 12.8 Å². The van der Waals surface area contributed by atoms with E-state index < -0.39 is 10.1 Å². The standard InChI is InChI=1S/C10H10.CH4O3S/c1-2-6-10-8-4-3-7-9(10)5-1;1-5(2,3)4/h1-3,5-7H,4,8H2;1H3,(H,2,3,4). The molecular formula is C11H14O3S. The van der Waals surface area contributed by atoms with Gasteiger partial charge in [0.2, 0.25) is 0 Å². The average Bonchev–Trinajstić information content (AvgIpc) is 2.16. The Balaban J connectivity index is 0.000000195. The lowest BCUT2D eigenvalue weighted by Gasteiger charge is -2.07. The van der Waals surface area contributed by atoms with Gasteiger partial charge in [0.15, 0.2) is 0 Å². The average molecular weight is 226 g/mol. The Morgan fingerprint density at radius 2 is 1.87 bits per heavy atom. The number of aryl methyl sites for hydroxylation is 1. The van der Waals surface area contributed by atoms with Crippen molar-refractivity contribution in [2.24, 2.45) is 0 Å². The molecule has 2 rings (SSSR count). The second-order valence-corrected chi connectivity index (χ2v) is 4.84. The Kier molecular flexibility index (Phi) is 4.05. The largest absolute Gasteiger partial charge is 0.286 e. The zero-order valence-corrected chi connectivity index (χ0v) is 9.37. The zero-order valence-electron chi connectivity index (χ0n) is 8.55. The van der Waals surface area contributed by atoms with Gasteiger partial charge in [-0.05, 0) is 24.0 Å². The summed E-state index contributed by atoms with van der Waals surface area (Å²) in [4.78, 5) is 0. The monoisotopic (exact) mass is 226 g/mol. The lowest BCUT2D eigenvalue weighted by atomic mass is 9.98. The van der Waals surface area contributed by atoms with Crippen LogP contribution in [0.25, 0.3) is 6.08 Å². The Morgan fingerprint density at radius 1 is 1.27 bits per heavy atom. The van der Waals surface area contributed by atoms with E-state index >= 15 is 0 Å². The fourth-order valence-corrected chi connectivity index (χ4v) is 1.37. The van der Waals surface area contributed by atoms with Crippen molar-refractivity contribution in [2.75, 3.05) is 6.26 Å². The molecule has 1 aliphatic carbocycles. The second kappa shape index (κ2) is 5.09. The van der Waals surface area contributed by atoms with Crippen LogP contribution < -0.4 is 0 Å². The molecule has 3 nitrogen and oxygen atoms in total. The molecule has 1 N–H and O–H groups in total. The molecule has 0 saturated heterocycles. The van der Waals surface area contributed by atoms with Gasteiger partial charge >= 0.3 is 0 Å². The Morgan fingerprint density at radius 3 is 2.47 bits per heavy atom. The predicted octanol–water partition coefficient (Wildman–Crippen LogP) is 2.15. The molecule has 0 spiro atoms. The van der Waals surface area contributed by atoms with Gasteiger partial charge in [-0.25, -0.2) is 0 Å². The Labute approximate surface area is 90.2 Å². The van der Waals surface area contributed by atoms with Crippen molar-refractivity contribution in [3.05, 3.63) is 41.5 Å². The molecule has 0 aliphatic heterocycles. The maximum Gasteiger partial charge on any atom is 0.261 e. The third-order valence-corrected chi connectivity index (χ3v) is 1.93. The first-order valence-corrected chi connectivity index (χ1v) is 6.48. The van der Waals surface area contributed by atoms with Crippen LogP contribution in [-0.2, 0) is 16.5 Å². The molecule has 1 aromatic rings. The third kappa shape index (κ3) is 5.34. The summed E-state index contributed by atoms with van der Waals surface area (Å²) in [5.74, 6) is 0. The Bertz CT molecular complexity index is 439. The van der Waals surface area contributed by atoms with E-state index in [1.165, 1.54) is 24.0 Å². The van der Waals surface area contributed by atoms with E-state index in [9.17, 15) is 8.42 Å². The van der Waals surface area contributed by atoms with Crippen LogP contribution in [-0.4, -0.2) is 19.2 Å². The predicted molar refractivity (Wildman–Crippen MR) is 61.3 cm³/mol. The molecular weight excluding hydrogens is 212 g/mol. The first-order chi connectivity index (χ1) is 6.97. The van der Waals surface area contributed by atoms with Crippen molar-refractivity contribution in [1.82, 2.24) is 0 Å². The zero-order chi connectivity index (χ0) is 11.3. The lowest BCUT2D eigenvalue weighted by Crippen LogP contribution is -1.91. The van der Waals surface area contributed by atoms with E-state index in [-0.39, 0.29) is 0 Å². The summed E-state index contributed by atoms with van der Waals surface area (Å²) in [5.41, 5.74) is 2.89. The molecule has 0 unspecified atom stereocenters. The van der Waals surface area contributed by atoms with E-state index in [4.69, 9.17) is 4.55 Å². The molecule has 15 heavy (non-hydrogen) atoms. The van der Waals surface area contributed by atoms with Crippen LogP contribution in [0, 0.1) is 0 Å². The topological polar surface area (TPSA) is 54.4 Å². The van der Waals surface area contributed by atoms with E-state index in [0.29, 0.717) is 6.26 Å². The highest BCUT2D eigenvalue weighted by molar-refractivity contribution is 7.85. The fourth-order valence-electron chi connectivity index (χ4n) is 1.37. The molecule has 0 aromatic heterocycles. The van der Waals surface area contributed by atoms with Gasteiger partial charge in [0.25, 0.3) is 10.1 Å². The number of hydrogen-bond acceptors (Lipinski definition) is 2. The number of fused-ring (bicyclic) bond motifs is 1. The summed E-state index contributed by atoms with van der Waals surface area (Å²) in [7, 11) is -3.67. The summed E-state index contributed by atoms with van der Waals surface area (Å²) in [5, 5.41) is 0. The smallest absolute Gasteiger partial charge is 0.261 e. The van der Waals surface area contributed by atoms with Crippen molar-refractivity contribution in [3.63, 3.8) is 0 Å². The molecule has 1 aromatic carbocycles. The molecule has 0 bridgehead atoms. The Hall–Kier alpha value is -1.13. The second-order valence-electron chi connectivity index (χ2n) is 3.37. The van der Waals surface area contributed by atoms with Gasteiger partial charge in [-0.1, -0.05) is 36.4 Å². The summed E-state index contributed by atoms with van der Waals surface area (Å²) in [6.45, 7) is 0. The van der Waals surface area contributed by atoms with Gasteiger partial charge in [-0.15, -0.1) is 0 Å². The van der Waals surface area contributed by atoms with E-state index in [1.807, 2.05) is 0 Å². The summed E-state index contributed by atoms with van der Waals surface area (Å²) in [6.07, 6.45) is 7.58. The van der Waals surface area contributed by atoms with E-state index in [2.05, 4.69) is 36.4 Å². The maximum atomic E-state index is 9.19. The van der Waals surface area contributed by atoms with Gasteiger partial charge in [0, 0.05) is 0 Å². The highest BCUT2D eigenvalue weighted by Crippen LogP contribution is 2.17. The molecule has 0 atom stereocenters. The van der Waals surface area contributed by atoms with Crippen LogP contribution in [0.4, 0.5) is 0 Å². The molecule has 82 valence electrons. The highest BCUT2D eigenvalue weighted by Gasteiger charge is 2.00. The van der Waals surface area contributed by atoms with Crippen LogP contribution >= 0.6 is 0 Å². The molecule has 0 amide bonds. The normalized spacial score (nSPS) is 13.7. The van der Waals surface area contributed by atoms with Crippen LogP contribution in [0.1, 0.15) is 17.5 Å². The van der Waals surface area contributed by atoms with Gasteiger partial charge in [0.1, 0.15) is 0 Å². The third-order valence-electron chi connectivity index (χ3n) is 1.93. The quantitative estimate of drug-likeness (QED) is 0.690. The molecule has 4 heteroatoms. The van der Waals surface area contributed by atoms with Gasteiger partial charge < -0.3 is 0 Å². The molecule has 0 heterocycles. The first-order valence-electron chi connectivity index (χ1n) is 4.64. The van der Waals surface area contributed by atoms with E-state index in [1.54, 1.807) is 0 Å². The molecule has 0 saturated carbocycles. The van der Waals surface area contributed by atoms with Crippen molar-refractivity contribution < 1.29 is 13.0 Å². The molecule has 0 radical (unpaired) electrons. The van der Waals surface area contributed by atoms with Gasteiger partial charge in [-0.3, -0.25) is 4.55 Å². The van der Waals surface area contributed by atoms with Crippen LogP contribution in [0.3, 0.4) is 0 Å². The van der Waals surface area contributed by atoms with Crippen LogP contribution in [0.15, 0.2) is 30.3 Å². The first kappa shape index (κ1) is 11.9. The number of rotatable bonds is 0. The van der Waals surface area contributed by atoms with Crippen LogP contribution in [0.5, 0.6) is 0 Å². The summed E-state index contributed by atoms with van der Waals surface area (Å²) >= 11 is 0. The van der Waals surface area contributed by atoms with Gasteiger partial charge in [0.05, 0.1) is 6.26 Å². The SMILES string of the molecule is C1=Cc2ccccc2CC1.CS(=O)(=O)O. The van der Waals surface area contributed by atoms with Crippen molar-refractivity contribution in [1.29, 1.82) is 0 Å². The molecule has 1 aliphatic rings. The minimum absolute atomic E-state index is 0.715.